The van der Waals surface area contributed by atoms with E-state index in [1.54, 1.807) is 16.8 Å². The number of hydrogen-bond acceptors (Lipinski definition) is 3. The van der Waals surface area contributed by atoms with Crippen molar-refractivity contribution in [2.45, 2.75) is 12.8 Å². The quantitative estimate of drug-likeness (QED) is 0.918. The molecule has 0 aliphatic carbocycles. The van der Waals surface area contributed by atoms with Crippen molar-refractivity contribution in [2.24, 2.45) is 0 Å². The van der Waals surface area contributed by atoms with Gasteiger partial charge in [-0.3, -0.25) is 4.79 Å². The third-order valence-electron chi connectivity index (χ3n) is 2.50. The van der Waals surface area contributed by atoms with Crippen molar-refractivity contribution in [1.29, 1.82) is 0 Å². The second-order valence-corrected chi connectivity index (χ2v) is 5.42. The van der Waals surface area contributed by atoms with Crippen molar-refractivity contribution in [3.8, 4) is 0 Å². The van der Waals surface area contributed by atoms with Gasteiger partial charge in [-0.15, -0.1) is 11.3 Å². The summed E-state index contributed by atoms with van der Waals surface area (Å²) in [6, 6.07) is 7.76. The number of nitrogens with one attached hydrogen (secondary N) is 1. The van der Waals surface area contributed by atoms with Crippen LogP contribution in [0.2, 0.25) is 0 Å². The molecule has 0 fully saturated rings. The molecule has 5 heteroatoms. The number of amides is 1. The number of halogens is 1. The summed E-state index contributed by atoms with van der Waals surface area (Å²) in [5, 5.41) is 4.90. The minimum atomic E-state index is 0.0390. The summed E-state index contributed by atoms with van der Waals surface area (Å²) in [4.78, 5) is 15.9. The predicted molar refractivity (Wildman–Crippen MR) is 76.7 cm³/mol. The van der Waals surface area contributed by atoms with Crippen molar-refractivity contribution in [2.75, 3.05) is 6.54 Å². The average Bonchev–Trinajstić information content (AvgIpc) is 2.85. The SMILES string of the molecule is O=C(Cc1ccccc1Br)NCCc1cscn1. The highest BCUT2D eigenvalue weighted by molar-refractivity contribution is 9.10. The molecular weight excluding hydrogens is 312 g/mol. The molecule has 0 saturated carbocycles. The van der Waals surface area contributed by atoms with E-state index in [-0.39, 0.29) is 5.91 Å². The molecule has 1 N–H and O–H groups in total. The van der Waals surface area contributed by atoms with Gasteiger partial charge in [0.25, 0.3) is 0 Å². The minimum absolute atomic E-state index is 0.0390. The predicted octanol–water partition coefficient (Wildman–Crippen LogP) is 2.81. The molecule has 94 valence electrons. The van der Waals surface area contributed by atoms with Gasteiger partial charge in [-0.1, -0.05) is 34.1 Å². The summed E-state index contributed by atoms with van der Waals surface area (Å²) in [7, 11) is 0. The minimum Gasteiger partial charge on any atom is -0.355 e. The number of carbonyl (C=O) groups is 1. The highest BCUT2D eigenvalue weighted by atomic mass is 79.9. The number of carbonyl (C=O) groups excluding carboxylic acids is 1. The maximum absolute atomic E-state index is 11.7. The monoisotopic (exact) mass is 324 g/mol. The first-order valence-corrected chi connectivity index (χ1v) is 7.36. The van der Waals surface area contributed by atoms with Gasteiger partial charge in [0.15, 0.2) is 0 Å². The van der Waals surface area contributed by atoms with Crippen LogP contribution >= 0.6 is 27.3 Å². The molecule has 1 heterocycles. The lowest BCUT2D eigenvalue weighted by molar-refractivity contribution is -0.120. The van der Waals surface area contributed by atoms with Crippen LogP contribution < -0.4 is 5.32 Å². The Morgan fingerprint density at radius 2 is 2.22 bits per heavy atom. The molecule has 1 aromatic heterocycles. The highest BCUT2D eigenvalue weighted by Gasteiger charge is 2.05. The van der Waals surface area contributed by atoms with Gasteiger partial charge in [-0.25, -0.2) is 4.98 Å². The number of benzene rings is 1. The van der Waals surface area contributed by atoms with Crippen molar-refractivity contribution in [3.63, 3.8) is 0 Å². The number of hydrogen-bond donors (Lipinski definition) is 1. The zero-order valence-electron chi connectivity index (χ0n) is 9.73. The summed E-state index contributed by atoms with van der Waals surface area (Å²) in [6.45, 7) is 0.632. The van der Waals surface area contributed by atoms with Crippen LogP contribution in [0.25, 0.3) is 0 Å². The molecule has 2 aromatic rings. The molecule has 3 nitrogen and oxygen atoms in total. The van der Waals surface area contributed by atoms with Gasteiger partial charge in [-0.05, 0) is 11.6 Å². The first-order chi connectivity index (χ1) is 8.75. The van der Waals surface area contributed by atoms with E-state index in [4.69, 9.17) is 0 Å². The summed E-state index contributed by atoms with van der Waals surface area (Å²) in [5.74, 6) is 0.0390. The standard InChI is InChI=1S/C13H13BrN2OS/c14-12-4-2-1-3-10(12)7-13(17)15-6-5-11-8-18-9-16-11/h1-4,8-9H,5-7H2,(H,15,17). The molecule has 0 bridgehead atoms. The Bertz CT molecular complexity index is 513. The number of nitrogens with zero attached hydrogens (tertiary/aromatic N) is 1. The Labute approximate surface area is 118 Å². The largest absolute Gasteiger partial charge is 0.355 e. The van der Waals surface area contributed by atoms with Gasteiger partial charge in [-0.2, -0.15) is 0 Å². The second-order valence-electron chi connectivity index (χ2n) is 3.85. The van der Waals surface area contributed by atoms with Gasteiger partial charge in [0.1, 0.15) is 0 Å². The number of aromatic nitrogens is 1. The zero-order valence-corrected chi connectivity index (χ0v) is 12.1. The van der Waals surface area contributed by atoms with Crippen LogP contribution in [0.4, 0.5) is 0 Å². The summed E-state index contributed by atoms with van der Waals surface area (Å²) in [6.07, 6.45) is 1.18. The zero-order chi connectivity index (χ0) is 12.8. The van der Waals surface area contributed by atoms with E-state index >= 15 is 0 Å². The fourth-order valence-corrected chi connectivity index (χ4v) is 2.59. The van der Waals surface area contributed by atoms with E-state index in [9.17, 15) is 4.79 Å². The molecular formula is C13H13BrN2OS. The number of thiazole rings is 1. The van der Waals surface area contributed by atoms with Crippen LogP contribution in [0.1, 0.15) is 11.3 Å². The lowest BCUT2D eigenvalue weighted by Gasteiger charge is -2.05. The highest BCUT2D eigenvalue weighted by Crippen LogP contribution is 2.16. The molecule has 2 rings (SSSR count). The summed E-state index contributed by atoms with van der Waals surface area (Å²) < 4.78 is 0.972. The van der Waals surface area contributed by atoms with E-state index in [0.29, 0.717) is 13.0 Å². The van der Waals surface area contributed by atoms with E-state index in [1.807, 2.05) is 29.6 Å². The first-order valence-electron chi connectivity index (χ1n) is 5.63. The molecule has 0 unspecified atom stereocenters. The van der Waals surface area contributed by atoms with Crippen molar-refractivity contribution in [1.82, 2.24) is 10.3 Å². The summed E-state index contributed by atoms with van der Waals surface area (Å²) >= 11 is 5.01. The maximum atomic E-state index is 11.7. The van der Waals surface area contributed by atoms with E-state index in [1.165, 1.54) is 0 Å². The van der Waals surface area contributed by atoms with Gasteiger partial charge in [0, 0.05) is 22.8 Å². The maximum Gasteiger partial charge on any atom is 0.224 e. The lowest BCUT2D eigenvalue weighted by Crippen LogP contribution is -2.27. The molecule has 0 radical (unpaired) electrons. The third-order valence-corrected chi connectivity index (χ3v) is 3.90. The van der Waals surface area contributed by atoms with Crippen molar-refractivity contribution in [3.05, 3.63) is 50.9 Å². The molecule has 0 aliphatic rings. The Kier molecular flexibility index (Phi) is 4.90. The Hall–Kier alpha value is -1.20. The Balaban J connectivity index is 1.77. The molecule has 1 aromatic carbocycles. The van der Waals surface area contributed by atoms with E-state index in [2.05, 4.69) is 26.2 Å². The molecule has 0 atom stereocenters. The van der Waals surface area contributed by atoms with Gasteiger partial charge in [0.05, 0.1) is 17.6 Å². The van der Waals surface area contributed by atoms with E-state index in [0.717, 1.165) is 22.2 Å². The first kappa shape index (κ1) is 13.2. The van der Waals surface area contributed by atoms with Crippen LogP contribution in [-0.4, -0.2) is 17.4 Å². The molecule has 0 aliphatic heterocycles. The Morgan fingerprint density at radius 3 is 2.94 bits per heavy atom. The average molecular weight is 325 g/mol. The van der Waals surface area contributed by atoms with Crippen LogP contribution in [0.5, 0.6) is 0 Å². The Morgan fingerprint density at radius 1 is 1.39 bits per heavy atom. The smallest absolute Gasteiger partial charge is 0.224 e. The van der Waals surface area contributed by atoms with Crippen molar-refractivity contribution < 1.29 is 4.79 Å². The van der Waals surface area contributed by atoms with Crippen molar-refractivity contribution >= 4 is 33.2 Å². The normalized spacial score (nSPS) is 10.3. The van der Waals surface area contributed by atoms with Gasteiger partial charge < -0.3 is 5.32 Å². The fourth-order valence-electron chi connectivity index (χ4n) is 1.57. The molecule has 0 spiro atoms. The molecule has 18 heavy (non-hydrogen) atoms. The lowest BCUT2D eigenvalue weighted by atomic mass is 10.1. The second kappa shape index (κ2) is 6.66. The van der Waals surface area contributed by atoms with Gasteiger partial charge >= 0.3 is 0 Å². The topological polar surface area (TPSA) is 42.0 Å². The van der Waals surface area contributed by atoms with Crippen LogP contribution in [-0.2, 0) is 17.6 Å². The van der Waals surface area contributed by atoms with Crippen LogP contribution in [0.3, 0.4) is 0 Å². The molecule has 0 saturated heterocycles. The third kappa shape index (κ3) is 3.92. The van der Waals surface area contributed by atoms with Gasteiger partial charge in [0.2, 0.25) is 5.91 Å². The van der Waals surface area contributed by atoms with Crippen LogP contribution in [0, 0.1) is 0 Å². The van der Waals surface area contributed by atoms with E-state index < -0.39 is 0 Å². The number of rotatable bonds is 5. The van der Waals surface area contributed by atoms with Crippen LogP contribution in [0.15, 0.2) is 39.6 Å². The summed E-state index contributed by atoms with van der Waals surface area (Å²) in [5.41, 5.74) is 3.84. The fraction of sp³-hybridized carbons (Fsp3) is 0.231. The molecule has 1 amide bonds.